The van der Waals surface area contributed by atoms with Crippen LogP contribution in [0.2, 0.25) is 0 Å². The first-order chi connectivity index (χ1) is 11.5. The van der Waals surface area contributed by atoms with Crippen molar-refractivity contribution < 1.29 is 14.3 Å². The third-order valence-corrected chi connectivity index (χ3v) is 3.66. The van der Waals surface area contributed by atoms with Crippen LogP contribution in [0.4, 0.5) is 10.7 Å². The minimum absolute atomic E-state index is 0.0519. The van der Waals surface area contributed by atoms with Crippen molar-refractivity contribution in [2.24, 2.45) is 0 Å². The number of nitrogens with zero attached hydrogens (tertiary/aromatic N) is 3. The SMILES string of the molecule is CCOC(=O)N1CCC(Nc2nccc(C(=O)NC(C)C)n2)CC1. The van der Waals surface area contributed by atoms with Crippen molar-refractivity contribution in [1.29, 1.82) is 0 Å². The summed E-state index contributed by atoms with van der Waals surface area (Å²) in [4.78, 5) is 33.8. The summed E-state index contributed by atoms with van der Waals surface area (Å²) in [5.41, 5.74) is 0.338. The molecular formula is C16H25N5O3. The van der Waals surface area contributed by atoms with Crippen LogP contribution in [0.25, 0.3) is 0 Å². The average molecular weight is 335 g/mol. The molecule has 8 heteroatoms. The van der Waals surface area contributed by atoms with E-state index in [-0.39, 0.29) is 24.1 Å². The Balaban J connectivity index is 1.89. The van der Waals surface area contributed by atoms with E-state index in [0.29, 0.717) is 31.3 Å². The zero-order chi connectivity index (χ0) is 17.5. The average Bonchev–Trinajstić information content (AvgIpc) is 2.55. The highest BCUT2D eigenvalue weighted by molar-refractivity contribution is 5.92. The van der Waals surface area contributed by atoms with E-state index in [2.05, 4.69) is 20.6 Å². The standard InChI is InChI=1S/C16H25N5O3/c1-4-24-16(23)21-9-6-12(7-10-21)19-15-17-8-5-13(20-15)14(22)18-11(2)3/h5,8,11-12H,4,6-7,9-10H2,1-3H3,(H,18,22)(H,17,19,20). The van der Waals surface area contributed by atoms with Crippen LogP contribution >= 0.6 is 0 Å². The maximum Gasteiger partial charge on any atom is 0.409 e. The number of anilines is 1. The Kier molecular flexibility index (Phi) is 6.34. The fourth-order valence-corrected chi connectivity index (χ4v) is 2.49. The number of piperidine rings is 1. The van der Waals surface area contributed by atoms with Gasteiger partial charge >= 0.3 is 6.09 Å². The summed E-state index contributed by atoms with van der Waals surface area (Å²) in [6.07, 6.45) is 2.87. The Morgan fingerprint density at radius 1 is 1.38 bits per heavy atom. The molecule has 0 aliphatic carbocycles. The predicted molar refractivity (Wildman–Crippen MR) is 89.9 cm³/mol. The van der Waals surface area contributed by atoms with Crippen LogP contribution in [0.5, 0.6) is 0 Å². The number of rotatable bonds is 5. The smallest absolute Gasteiger partial charge is 0.409 e. The summed E-state index contributed by atoms with van der Waals surface area (Å²) in [6.45, 7) is 7.24. The minimum Gasteiger partial charge on any atom is -0.450 e. The van der Waals surface area contributed by atoms with Gasteiger partial charge in [0.1, 0.15) is 5.69 Å². The maximum absolute atomic E-state index is 12.0. The van der Waals surface area contributed by atoms with E-state index in [9.17, 15) is 9.59 Å². The fourth-order valence-electron chi connectivity index (χ4n) is 2.49. The summed E-state index contributed by atoms with van der Waals surface area (Å²) in [5.74, 6) is 0.216. The molecule has 132 valence electrons. The first-order valence-corrected chi connectivity index (χ1v) is 8.31. The number of hydrogen-bond donors (Lipinski definition) is 2. The quantitative estimate of drug-likeness (QED) is 0.849. The summed E-state index contributed by atoms with van der Waals surface area (Å²) in [5, 5.41) is 6.04. The number of ether oxygens (including phenoxy) is 1. The van der Waals surface area contributed by atoms with Gasteiger partial charge in [-0.15, -0.1) is 0 Å². The first-order valence-electron chi connectivity index (χ1n) is 8.31. The highest BCUT2D eigenvalue weighted by Crippen LogP contribution is 2.15. The van der Waals surface area contributed by atoms with Gasteiger partial charge in [0.2, 0.25) is 5.95 Å². The van der Waals surface area contributed by atoms with Gasteiger partial charge in [0.05, 0.1) is 6.61 Å². The van der Waals surface area contributed by atoms with Gasteiger partial charge in [-0.05, 0) is 39.7 Å². The normalized spacial score (nSPS) is 15.2. The molecule has 2 rings (SSSR count). The molecule has 24 heavy (non-hydrogen) atoms. The third kappa shape index (κ3) is 5.07. The molecule has 0 spiro atoms. The zero-order valence-corrected chi connectivity index (χ0v) is 14.4. The largest absolute Gasteiger partial charge is 0.450 e. The van der Waals surface area contributed by atoms with E-state index in [0.717, 1.165) is 12.8 Å². The highest BCUT2D eigenvalue weighted by atomic mass is 16.6. The van der Waals surface area contributed by atoms with Crippen LogP contribution in [-0.2, 0) is 4.74 Å². The van der Waals surface area contributed by atoms with Crippen LogP contribution in [0.15, 0.2) is 12.3 Å². The van der Waals surface area contributed by atoms with Crippen LogP contribution in [0.3, 0.4) is 0 Å². The van der Waals surface area contributed by atoms with Crippen molar-refractivity contribution in [1.82, 2.24) is 20.2 Å². The Labute approximate surface area is 142 Å². The van der Waals surface area contributed by atoms with E-state index in [1.165, 1.54) is 0 Å². The summed E-state index contributed by atoms with van der Waals surface area (Å²) >= 11 is 0. The van der Waals surface area contributed by atoms with Crippen molar-refractivity contribution in [3.8, 4) is 0 Å². The van der Waals surface area contributed by atoms with Gasteiger partial charge in [-0.2, -0.15) is 0 Å². The maximum atomic E-state index is 12.0. The third-order valence-electron chi connectivity index (χ3n) is 3.66. The zero-order valence-electron chi connectivity index (χ0n) is 14.4. The molecule has 1 aliphatic heterocycles. The van der Waals surface area contributed by atoms with Crippen LogP contribution in [0, 0.1) is 0 Å². The lowest BCUT2D eigenvalue weighted by Gasteiger charge is -2.31. The van der Waals surface area contributed by atoms with E-state index in [4.69, 9.17) is 4.74 Å². The number of hydrogen-bond acceptors (Lipinski definition) is 6. The van der Waals surface area contributed by atoms with E-state index >= 15 is 0 Å². The molecule has 1 aromatic rings. The van der Waals surface area contributed by atoms with Gasteiger partial charge in [-0.1, -0.05) is 0 Å². The van der Waals surface area contributed by atoms with Gasteiger partial charge in [0.25, 0.3) is 5.91 Å². The number of aromatic nitrogens is 2. The van der Waals surface area contributed by atoms with Gasteiger partial charge in [-0.25, -0.2) is 14.8 Å². The molecule has 2 amide bonds. The molecule has 1 aromatic heterocycles. The molecule has 2 N–H and O–H groups in total. The molecule has 0 unspecified atom stereocenters. The second-order valence-electron chi connectivity index (χ2n) is 6.00. The molecule has 1 aliphatic rings. The summed E-state index contributed by atoms with van der Waals surface area (Å²) in [7, 11) is 0. The molecule has 2 heterocycles. The van der Waals surface area contributed by atoms with Crippen molar-refractivity contribution in [3.05, 3.63) is 18.0 Å². The Hall–Kier alpha value is -2.38. The number of carbonyl (C=O) groups excluding carboxylic acids is 2. The fraction of sp³-hybridized carbons (Fsp3) is 0.625. The lowest BCUT2D eigenvalue weighted by atomic mass is 10.1. The molecule has 0 bridgehead atoms. The van der Waals surface area contributed by atoms with E-state index in [1.807, 2.05) is 13.8 Å². The van der Waals surface area contributed by atoms with E-state index in [1.54, 1.807) is 24.1 Å². The lowest BCUT2D eigenvalue weighted by Crippen LogP contribution is -2.42. The van der Waals surface area contributed by atoms with Gasteiger partial charge in [0.15, 0.2) is 0 Å². The van der Waals surface area contributed by atoms with Crippen molar-refractivity contribution in [3.63, 3.8) is 0 Å². The Bertz CT molecular complexity index is 571. The second-order valence-corrected chi connectivity index (χ2v) is 6.00. The molecule has 0 saturated carbocycles. The van der Waals surface area contributed by atoms with Crippen molar-refractivity contribution >= 4 is 17.9 Å². The van der Waals surface area contributed by atoms with Gasteiger partial charge in [0, 0.05) is 31.4 Å². The molecular weight excluding hydrogens is 310 g/mol. The van der Waals surface area contributed by atoms with Gasteiger partial charge < -0.3 is 20.3 Å². The number of likely N-dealkylation sites (tertiary alicyclic amines) is 1. The van der Waals surface area contributed by atoms with Gasteiger partial charge in [-0.3, -0.25) is 4.79 Å². The Morgan fingerprint density at radius 2 is 2.08 bits per heavy atom. The predicted octanol–water partition coefficient (Wildman–Crippen LogP) is 1.65. The summed E-state index contributed by atoms with van der Waals surface area (Å²) in [6, 6.07) is 1.81. The molecule has 0 aromatic carbocycles. The van der Waals surface area contributed by atoms with Crippen molar-refractivity contribution in [2.75, 3.05) is 25.0 Å². The monoisotopic (exact) mass is 335 g/mol. The number of carbonyl (C=O) groups is 2. The van der Waals surface area contributed by atoms with Crippen LogP contribution in [0.1, 0.15) is 44.1 Å². The van der Waals surface area contributed by atoms with Crippen LogP contribution < -0.4 is 10.6 Å². The molecule has 8 nitrogen and oxygen atoms in total. The van der Waals surface area contributed by atoms with E-state index < -0.39 is 0 Å². The lowest BCUT2D eigenvalue weighted by molar-refractivity contribution is 0.0935. The topological polar surface area (TPSA) is 96.5 Å². The Morgan fingerprint density at radius 3 is 2.71 bits per heavy atom. The molecule has 1 fully saturated rings. The summed E-state index contributed by atoms with van der Waals surface area (Å²) < 4.78 is 5.01. The number of nitrogens with one attached hydrogen (secondary N) is 2. The number of amides is 2. The first kappa shape index (κ1) is 18.0. The molecule has 0 atom stereocenters. The molecule has 0 radical (unpaired) electrons. The minimum atomic E-state index is -0.264. The second kappa shape index (κ2) is 8.47. The van der Waals surface area contributed by atoms with Crippen molar-refractivity contribution in [2.45, 2.75) is 45.7 Å². The highest BCUT2D eigenvalue weighted by Gasteiger charge is 2.24. The molecule has 1 saturated heterocycles. The van der Waals surface area contributed by atoms with Crippen LogP contribution in [-0.4, -0.2) is 58.6 Å².